The second-order valence-corrected chi connectivity index (χ2v) is 4.97. The Hall–Kier alpha value is -2.14. The number of carboxylic acids is 1. The quantitative estimate of drug-likeness (QED) is 0.787. The first-order chi connectivity index (χ1) is 9.16. The largest absolute Gasteiger partial charge is 0.476 e. The number of imidazole rings is 1. The van der Waals surface area contributed by atoms with E-state index in [0.29, 0.717) is 11.3 Å². The van der Waals surface area contributed by atoms with Crippen LogP contribution in [0.1, 0.15) is 10.5 Å². The third kappa shape index (κ3) is 2.02. The van der Waals surface area contributed by atoms with Crippen molar-refractivity contribution in [2.45, 2.75) is 0 Å². The summed E-state index contributed by atoms with van der Waals surface area (Å²) in [7, 11) is 0. The molecule has 0 fully saturated rings. The molecule has 0 spiro atoms. The van der Waals surface area contributed by atoms with Crippen LogP contribution in [-0.2, 0) is 0 Å². The molecule has 94 valence electrons. The van der Waals surface area contributed by atoms with Crippen molar-refractivity contribution in [3.05, 3.63) is 58.8 Å². The fourth-order valence-corrected chi connectivity index (χ4v) is 2.36. The van der Waals surface area contributed by atoms with Crippen molar-refractivity contribution < 1.29 is 9.90 Å². The first-order valence-corrected chi connectivity index (χ1v) is 6.42. The normalized spacial score (nSPS) is 10.8. The van der Waals surface area contributed by atoms with Crippen LogP contribution < -0.4 is 0 Å². The average Bonchev–Trinajstić information content (AvgIpc) is 2.78. The van der Waals surface area contributed by atoms with Gasteiger partial charge in [0.2, 0.25) is 0 Å². The summed E-state index contributed by atoms with van der Waals surface area (Å²) in [5, 5.41) is 9.43. The molecule has 5 heteroatoms. The summed E-state index contributed by atoms with van der Waals surface area (Å²) < 4.78 is 2.38. The molecule has 1 aromatic carbocycles. The number of rotatable bonds is 2. The summed E-state index contributed by atoms with van der Waals surface area (Å²) in [6.07, 6.45) is 1.71. The zero-order valence-electron chi connectivity index (χ0n) is 9.75. The molecular weight excluding hydrogens is 308 g/mol. The molecule has 0 radical (unpaired) electrons. The Labute approximate surface area is 117 Å². The number of carbonyl (C=O) groups is 1. The number of benzene rings is 1. The molecule has 0 aliphatic carbocycles. The van der Waals surface area contributed by atoms with Crippen molar-refractivity contribution in [1.82, 2.24) is 9.38 Å². The van der Waals surface area contributed by atoms with Gasteiger partial charge in [0.15, 0.2) is 5.69 Å². The fourth-order valence-electron chi connectivity index (χ4n) is 2.02. The highest BCUT2D eigenvalue weighted by Gasteiger charge is 2.19. The number of carboxylic acid groups (broad SMARTS) is 1. The minimum atomic E-state index is -0.996. The van der Waals surface area contributed by atoms with Crippen molar-refractivity contribution in [3.63, 3.8) is 0 Å². The predicted octanol–water partition coefficient (Wildman–Crippen LogP) is 3.46. The maximum Gasteiger partial charge on any atom is 0.355 e. The lowest BCUT2D eigenvalue weighted by Crippen LogP contribution is -2.03. The second-order valence-electron chi connectivity index (χ2n) is 4.06. The number of halogens is 1. The predicted molar refractivity (Wildman–Crippen MR) is 75.3 cm³/mol. The molecule has 2 heterocycles. The smallest absolute Gasteiger partial charge is 0.355 e. The SMILES string of the molecule is O=C(O)c1c(-c2ccccc2)nc2ccc(Br)cn12. The van der Waals surface area contributed by atoms with E-state index in [-0.39, 0.29) is 5.69 Å². The topological polar surface area (TPSA) is 54.6 Å². The first-order valence-electron chi connectivity index (χ1n) is 5.63. The summed E-state index contributed by atoms with van der Waals surface area (Å²) in [6.45, 7) is 0. The number of aromatic nitrogens is 2. The molecule has 3 rings (SSSR count). The van der Waals surface area contributed by atoms with E-state index in [1.54, 1.807) is 16.7 Å². The Morgan fingerprint density at radius 3 is 2.58 bits per heavy atom. The first kappa shape index (κ1) is 11.9. The molecule has 0 aliphatic rings. The third-order valence-electron chi connectivity index (χ3n) is 2.83. The molecule has 0 unspecified atom stereocenters. The van der Waals surface area contributed by atoms with Crippen molar-refractivity contribution in [2.24, 2.45) is 0 Å². The Balaban J connectivity index is 2.36. The lowest BCUT2D eigenvalue weighted by atomic mass is 10.1. The van der Waals surface area contributed by atoms with Gasteiger partial charge in [0, 0.05) is 16.2 Å². The van der Waals surface area contributed by atoms with E-state index in [9.17, 15) is 9.90 Å². The molecule has 2 aromatic heterocycles. The van der Waals surface area contributed by atoms with E-state index in [4.69, 9.17) is 0 Å². The minimum Gasteiger partial charge on any atom is -0.476 e. The molecule has 19 heavy (non-hydrogen) atoms. The van der Waals surface area contributed by atoms with E-state index in [2.05, 4.69) is 20.9 Å². The van der Waals surface area contributed by atoms with Crippen LogP contribution in [0.2, 0.25) is 0 Å². The van der Waals surface area contributed by atoms with Gasteiger partial charge >= 0.3 is 5.97 Å². The van der Waals surface area contributed by atoms with E-state index >= 15 is 0 Å². The average molecular weight is 317 g/mol. The monoisotopic (exact) mass is 316 g/mol. The Morgan fingerprint density at radius 2 is 1.89 bits per heavy atom. The van der Waals surface area contributed by atoms with Crippen LogP contribution in [0.4, 0.5) is 0 Å². The Kier molecular flexibility index (Phi) is 2.83. The van der Waals surface area contributed by atoms with E-state index < -0.39 is 5.97 Å². The third-order valence-corrected chi connectivity index (χ3v) is 3.30. The molecule has 0 saturated heterocycles. The highest BCUT2D eigenvalue weighted by molar-refractivity contribution is 9.10. The standard InChI is InChI=1S/C14H9BrN2O2/c15-10-6-7-11-16-12(9-4-2-1-3-5-9)13(14(18)19)17(11)8-10/h1-8H,(H,18,19). The number of nitrogens with zero attached hydrogens (tertiary/aromatic N) is 2. The van der Waals surface area contributed by atoms with Gasteiger partial charge in [0.05, 0.1) is 0 Å². The second kappa shape index (κ2) is 4.51. The fraction of sp³-hybridized carbons (Fsp3) is 0. The van der Waals surface area contributed by atoms with Crippen LogP contribution in [0.25, 0.3) is 16.9 Å². The van der Waals surface area contributed by atoms with Crippen molar-refractivity contribution in [3.8, 4) is 11.3 Å². The van der Waals surface area contributed by atoms with Gasteiger partial charge in [-0.25, -0.2) is 9.78 Å². The molecule has 3 aromatic rings. The van der Waals surface area contributed by atoms with Crippen LogP contribution in [0.15, 0.2) is 53.1 Å². The lowest BCUT2D eigenvalue weighted by molar-refractivity contribution is 0.0690. The zero-order chi connectivity index (χ0) is 13.4. The minimum absolute atomic E-state index is 0.169. The molecule has 1 N–H and O–H groups in total. The summed E-state index contributed by atoms with van der Waals surface area (Å²) in [6, 6.07) is 12.9. The molecule has 0 saturated carbocycles. The van der Waals surface area contributed by atoms with Crippen LogP contribution in [0, 0.1) is 0 Å². The van der Waals surface area contributed by atoms with E-state index in [0.717, 1.165) is 10.0 Å². The van der Waals surface area contributed by atoms with Gasteiger partial charge in [-0.2, -0.15) is 0 Å². The lowest BCUT2D eigenvalue weighted by Gasteiger charge is -2.00. The number of pyridine rings is 1. The summed E-state index contributed by atoms with van der Waals surface area (Å²) in [5.41, 5.74) is 2.05. The van der Waals surface area contributed by atoms with Crippen LogP contribution >= 0.6 is 15.9 Å². The molecular formula is C14H9BrN2O2. The van der Waals surface area contributed by atoms with Crippen LogP contribution in [0.5, 0.6) is 0 Å². The van der Waals surface area contributed by atoms with E-state index in [1.165, 1.54) is 0 Å². The van der Waals surface area contributed by atoms with Crippen molar-refractivity contribution in [2.75, 3.05) is 0 Å². The summed E-state index contributed by atoms with van der Waals surface area (Å²) >= 11 is 3.34. The van der Waals surface area contributed by atoms with Gasteiger partial charge in [-0.3, -0.25) is 4.40 Å². The van der Waals surface area contributed by atoms with Gasteiger partial charge in [0.25, 0.3) is 0 Å². The number of hydrogen-bond donors (Lipinski definition) is 1. The van der Waals surface area contributed by atoms with Gasteiger partial charge in [-0.15, -0.1) is 0 Å². The highest BCUT2D eigenvalue weighted by Crippen LogP contribution is 2.25. The maximum atomic E-state index is 11.5. The molecule has 0 bridgehead atoms. The van der Waals surface area contributed by atoms with Crippen molar-refractivity contribution in [1.29, 1.82) is 0 Å². The maximum absolute atomic E-state index is 11.5. The van der Waals surface area contributed by atoms with Crippen molar-refractivity contribution >= 4 is 27.5 Å². The number of aromatic carboxylic acids is 1. The highest BCUT2D eigenvalue weighted by atomic mass is 79.9. The van der Waals surface area contributed by atoms with Crippen LogP contribution in [0.3, 0.4) is 0 Å². The number of fused-ring (bicyclic) bond motifs is 1. The molecule has 0 atom stereocenters. The number of hydrogen-bond acceptors (Lipinski definition) is 2. The summed E-state index contributed by atoms with van der Waals surface area (Å²) in [4.78, 5) is 15.9. The molecule has 4 nitrogen and oxygen atoms in total. The van der Waals surface area contributed by atoms with Gasteiger partial charge in [0.1, 0.15) is 11.3 Å². The van der Waals surface area contributed by atoms with Gasteiger partial charge < -0.3 is 5.11 Å². The Morgan fingerprint density at radius 1 is 1.16 bits per heavy atom. The zero-order valence-corrected chi connectivity index (χ0v) is 11.3. The molecule has 0 aliphatic heterocycles. The Bertz CT molecular complexity index is 766. The molecule has 0 amide bonds. The summed E-state index contributed by atoms with van der Waals surface area (Å²) in [5.74, 6) is -0.996. The van der Waals surface area contributed by atoms with Gasteiger partial charge in [-0.05, 0) is 28.1 Å². The van der Waals surface area contributed by atoms with Crippen LogP contribution in [-0.4, -0.2) is 20.5 Å². The van der Waals surface area contributed by atoms with E-state index in [1.807, 2.05) is 36.4 Å². The van der Waals surface area contributed by atoms with Gasteiger partial charge in [-0.1, -0.05) is 30.3 Å².